The number of hydrogen-bond acceptors (Lipinski definition) is 3. The minimum Gasteiger partial charge on any atom is -0.335 e. The molecule has 1 unspecified atom stereocenters. The fourth-order valence-corrected chi connectivity index (χ4v) is 5.19. The summed E-state index contributed by atoms with van der Waals surface area (Å²) in [5.74, 6) is 0. The third-order valence-corrected chi connectivity index (χ3v) is 6.83. The summed E-state index contributed by atoms with van der Waals surface area (Å²) in [7, 11) is -1.60. The number of piperazine rings is 1. The molecule has 4 rings (SSSR count). The summed E-state index contributed by atoms with van der Waals surface area (Å²) in [6.45, 7) is 1.92. The number of rotatable bonds is 3. The maximum absolute atomic E-state index is 13.3. The van der Waals surface area contributed by atoms with Crippen LogP contribution < -0.4 is 10.6 Å². The SMILES string of the molecule is C[NH+]1CCN(S(=O)(=O)c2ccc3[nH]c(=O)[nH]c3c2)[C@H](c2ccccc2)C1. The van der Waals surface area contributed by atoms with Gasteiger partial charge in [0.05, 0.1) is 48.7 Å². The van der Waals surface area contributed by atoms with Crippen molar-refractivity contribution in [3.05, 3.63) is 64.6 Å². The molecule has 1 aliphatic rings. The third-order valence-electron chi connectivity index (χ3n) is 4.93. The monoisotopic (exact) mass is 373 g/mol. The number of benzene rings is 2. The number of aromatic nitrogens is 2. The lowest BCUT2D eigenvalue weighted by molar-refractivity contribution is -0.887. The van der Waals surface area contributed by atoms with E-state index in [0.29, 0.717) is 24.1 Å². The Balaban J connectivity index is 1.77. The fourth-order valence-electron chi connectivity index (χ4n) is 3.55. The van der Waals surface area contributed by atoms with Crippen LogP contribution in [0.25, 0.3) is 11.0 Å². The molecular weight excluding hydrogens is 352 g/mol. The van der Waals surface area contributed by atoms with Gasteiger partial charge in [-0.25, -0.2) is 13.2 Å². The minimum atomic E-state index is -3.68. The van der Waals surface area contributed by atoms with Crippen molar-refractivity contribution in [2.45, 2.75) is 10.9 Å². The average molecular weight is 373 g/mol. The second-order valence-corrected chi connectivity index (χ2v) is 8.63. The lowest BCUT2D eigenvalue weighted by atomic mass is 10.1. The first kappa shape index (κ1) is 17.0. The molecule has 0 amide bonds. The van der Waals surface area contributed by atoms with Crippen molar-refractivity contribution in [1.82, 2.24) is 14.3 Å². The topological polar surface area (TPSA) is 90.5 Å². The zero-order chi connectivity index (χ0) is 18.3. The molecule has 1 saturated heterocycles. The summed E-state index contributed by atoms with van der Waals surface area (Å²) in [5, 5.41) is 0. The molecule has 0 bridgehead atoms. The van der Waals surface area contributed by atoms with Crippen LogP contribution in [0.15, 0.2) is 58.2 Å². The summed E-state index contributed by atoms with van der Waals surface area (Å²) in [4.78, 5) is 18.2. The zero-order valence-electron chi connectivity index (χ0n) is 14.4. The van der Waals surface area contributed by atoms with Crippen LogP contribution in [0.5, 0.6) is 0 Å². The molecule has 2 heterocycles. The van der Waals surface area contributed by atoms with Crippen molar-refractivity contribution in [2.24, 2.45) is 0 Å². The molecule has 2 atom stereocenters. The molecule has 0 spiro atoms. The Labute approximate surface area is 151 Å². The van der Waals surface area contributed by atoms with Gasteiger partial charge < -0.3 is 14.9 Å². The van der Waals surface area contributed by atoms with Crippen molar-refractivity contribution in [3.8, 4) is 0 Å². The smallest absolute Gasteiger partial charge is 0.323 e. The number of quaternary nitrogens is 1. The molecule has 8 heteroatoms. The van der Waals surface area contributed by atoms with Gasteiger partial charge >= 0.3 is 5.69 Å². The van der Waals surface area contributed by atoms with Gasteiger partial charge in [-0.1, -0.05) is 30.3 Å². The highest BCUT2D eigenvalue weighted by Gasteiger charge is 2.38. The van der Waals surface area contributed by atoms with E-state index >= 15 is 0 Å². The van der Waals surface area contributed by atoms with Crippen LogP contribution in [0.1, 0.15) is 11.6 Å². The Morgan fingerprint density at radius 3 is 2.58 bits per heavy atom. The maximum atomic E-state index is 13.3. The number of sulfonamides is 1. The van der Waals surface area contributed by atoms with Gasteiger partial charge in [0.25, 0.3) is 0 Å². The molecule has 1 fully saturated rings. The summed E-state index contributed by atoms with van der Waals surface area (Å²) in [5.41, 5.74) is 1.73. The van der Waals surface area contributed by atoms with Gasteiger partial charge in [-0.3, -0.25) is 0 Å². The average Bonchev–Trinajstić information content (AvgIpc) is 3.01. The second-order valence-electron chi connectivity index (χ2n) is 6.74. The number of nitrogens with one attached hydrogen (secondary N) is 3. The van der Waals surface area contributed by atoms with E-state index in [9.17, 15) is 13.2 Å². The van der Waals surface area contributed by atoms with E-state index in [1.165, 1.54) is 11.0 Å². The van der Waals surface area contributed by atoms with E-state index in [4.69, 9.17) is 0 Å². The van der Waals surface area contributed by atoms with Crippen LogP contribution in [0.3, 0.4) is 0 Å². The largest absolute Gasteiger partial charge is 0.335 e. The first-order chi connectivity index (χ1) is 12.4. The van der Waals surface area contributed by atoms with E-state index in [-0.39, 0.29) is 16.6 Å². The molecular formula is C18H21N4O3S+. The lowest BCUT2D eigenvalue weighted by Gasteiger charge is -2.37. The third kappa shape index (κ3) is 2.96. The van der Waals surface area contributed by atoms with Crippen LogP contribution in [0, 0.1) is 0 Å². The molecule has 0 saturated carbocycles. The van der Waals surface area contributed by atoms with Crippen LogP contribution in [0.4, 0.5) is 0 Å². The number of nitrogens with zero attached hydrogens (tertiary/aromatic N) is 1. The fraction of sp³-hybridized carbons (Fsp3) is 0.278. The van der Waals surface area contributed by atoms with Crippen LogP contribution >= 0.6 is 0 Å². The highest BCUT2D eigenvalue weighted by atomic mass is 32.2. The Hall–Kier alpha value is -2.42. The van der Waals surface area contributed by atoms with Gasteiger partial charge in [0, 0.05) is 0 Å². The number of H-pyrrole nitrogens is 2. The predicted octanol–water partition coefficient (Wildman–Crippen LogP) is 0.117. The predicted molar refractivity (Wildman–Crippen MR) is 98.6 cm³/mol. The number of likely N-dealkylation sites (N-methyl/N-ethyl adjacent to an activating group) is 1. The standard InChI is InChI=1S/C18H20N4O3S/c1-21-9-10-22(17(12-21)13-5-3-2-4-6-13)26(24,25)14-7-8-15-16(11-14)20-18(23)19-15/h2-8,11,17H,9-10,12H2,1H3,(H2,19,20,23)/p+1/t17-/m0/s1. The first-order valence-electron chi connectivity index (χ1n) is 8.55. The molecule has 0 radical (unpaired) electrons. The Kier molecular flexibility index (Phi) is 4.18. The van der Waals surface area contributed by atoms with Gasteiger partial charge in [-0.15, -0.1) is 0 Å². The van der Waals surface area contributed by atoms with Crippen molar-refractivity contribution in [1.29, 1.82) is 0 Å². The Bertz CT molecular complexity index is 1090. The molecule has 1 aromatic heterocycles. The molecule has 26 heavy (non-hydrogen) atoms. The molecule has 7 nitrogen and oxygen atoms in total. The molecule has 3 aromatic rings. The van der Waals surface area contributed by atoms with Crippen molar-refractivity contribution < 1.29 is 13.3 Å². The summed E-state index contributed by atoms with van der Waals surface area (Å²) < 4.78 is 28.3. The minimum absolute atomic E-state index is 0.195. The summed E-state index contributed by atoms with van der Waals surface area (Å²) in [6.07, 6.45) is 0. The second kappa shape index (κ2) is 6.39. The highest BCUT2D eigenvalue weighted by molar-refractivity contribution is 7.89. The van der Waals surface area contributed by atoms with Gasteiger partial charge in [0.1, 0.15) is 0 Å². The van der Waals surface area contributed by atoms with Gasteiger partial charge in [-0.05, 0) is 23.8 Å². The molecule has 0 aliphatic carbocycles. The molecule has 1 aliphatic heterocycles. The van der Waals surface area contributed by atoms with E-state index in [1.807, 2.05) is 30.3 Å². The zero-order valence-corrected chi connectivity index (χ0v) is 15.2. The maximum Gasteiger partial charge on any atom is 0.323 e. The van der Waals surface area contributed by atoms with Crippen LogP contribution in [-0.2, 0) is 10.0 Å². The number of aromatic amines is 2. The lowest BCUT2D eigenvalue weighted by Crippen LogP contribution is -3.12. The highest BCUT2D eigenvalue weighted by Crippen LogP contribution is 2.28. The number of hydrogen-bond donors (Lipinski definition) is 3. The number of fused-ring (bicyclic) bond motifs is 1. The van der Waals surface area contributed by atoms with E-state index < -0.39 is 10.0 Å². The van der Waals surface area contributed by atoms with Crippen molar-refractivity contribution >= 4 is 21.1 Å². The summed E-state index contributed by atoms with van der Waals surface area (Å²) >= 11 is 0. The van der Waals surface area contributed by atoms with Crippen molar-refractivity contribution in [3.63, 3.8) is 0 Å². The van der Waals surface area contributed by atoms with Crippen LogP contribution in [-0.4, -0.2) is 49.4 Å². The molecule has 3 N–H and O–H groups in total. The normalized spacial score (nSPS) is 21.9. The Morgan fingerprint density at radius 2 is 1.81 bits per heavy atom. The molecule has 136 valence electrons. The van der Waals surface area contributed by atoms with Gasteiger partial charge in [0.15, 0.2) is 0 Å². The van der Waals surface area contributed by atoms with E-state index in [0.717, 1.165) is 12.1 Å². The van der Waals surface area contributed by atoms with E-state index in [2.05, 4.69) is 17.0 Å². The van der Waals surface area contributed by atoms with Gasteiger partial charge in [-0.2, -0.15) is 4.31 Å². The molecule has 2 aromatic carbocycles. The number of imidazole rings is 1. The quantitative estimate of drug-likeness (QED) is 0.609. The van der Waals surface area contributed by atoms with Crippen LogP contribution in [0.2, 0.25) is 0 Å². The summed E-state index contributed by atoms with van der Waals surface area (Å²) in [6, 6.07) is 14.2. The Morgan fingerprint density at radius 1 is 1.08 bits per heavy atom. The first-order valence-corrected chi connectivity index (χ1v) is 9.99. The van der Waals surface area contributed by atoms with Crippen molar-refractivity contribution in [2.75, 3.05) is 26.7 Å². The van der Waals surface area contributed by atoms with E-state index in [1.54, 1.807) is 16.4 Å². The van der Waals surface area contributed by atoms with Gasteiger partial charge in [0.2, 0.25) is 10.0 Å².